The molecule has 16 nitrogen and oxygen atoms in total. The fourth-order valence-corrected chi connectivity index (χ4v) is 11.0. The van der Waals surface area contributed by atoms with Crippen molar-refractivity contribution >= 4 is 84.4 Å². The minimum absolute atomic E-state index is 0.229. The molecular formula is C50H62N12O4S2. The van der Waals surface area contributed by atoms with Crippen LogP contribution in [0.5, 0.6) is 0 Å². The minimum atomic E-state index is -0.493. The molecule has 358 valence electrons. The Labute approximate surface area is 405 Å². The molecule has 8 heterocycles. The van der Waals surface area contributed by atoms with E-state index >= 15 is 0 Å². The average Bonchev–Trinajstić information content (AvgIpc) is 4.18. The zero-order valence-corrected chi connectivity index (χ0v) is 41.6. The van der Waals surface area contributed by atoms with Gasteiger partial charge in [0.1, 0.15) is 32.9 Å². The van der Waals surface area contributed by atoms with Gasteiger partial charge in [-0.15, -0.1) is 20.4 Å². The second-order valence-corrected chi connectivity index (χ2v) is 22.2. The summed E-state index contributed by atoms with van der Waals surface area (Å²) < 4.78 is 11.0. The van der Waals surface area contributed by atoms with Crippen LogP contribution >= 0.6 is 22.7 Å². The smallest absolute Gasteiger partial charge is 0.410 e. The molecule has 0 aromatic carbocycles. The van der Waals surface area contributed by atoms with Crippen LogP contribution in [0.15, 0.2) is 54.9 Å². The Morgan fingerprint density at radius 2 is 1.12 bits per heavy atom. The summed E-state index contributed by atoms with van der Waals surface area (Å²) in [5.74, 6) is 2.95. The van der Waals surface area contributed by atoms with Gasteiger partial charge in [-0.2, -0.15) is 0 Å². The van der Waals surface area contributed by atoms with Gasteiger partial charge in [-0.1, -0.05) is 54.4 Å². The lowest BCUT2D eigenvalue weighted by Gasteiger charge is -2.33. The Kier molecular flexibility index (Phi) is 14.1. The molecule has 18 heteroatoms. The third-order valence-electron chi connectivity index (χ3n) is 12.7. The van der Waals surface area contributed by atoms with Gasteiger partial charge in [-0.3, -0.25) is 9.97 Å². The van der Waals surface area contributed by atoms with Crippen LogP contribution in [0.1, 0.15) is 151 Å². The number of fused-ring (bicyclic) bond motifs is 2. The molecule has 68 heavy (non-hydrogen) atoms. The van der Waals surface area contributed by atoms with E-state index in [-0.39, 0.29) is 12.2 Å². The number of anilines is 4. The van der Waals surface area contributed by atoms with E-state index in [2.05, 4.69) is 59.2 Å². The van der Waals surface area contributed by atoms with Gasteiger partial charge >= 0.3 is 12.2 Å². The van der Waals surface area contributed by atoms with Crippen molar-refractivity contribution in [3.8, 4) is 0 Å². The molecule has 3 fully saturated rings. The average molecular weight is 959 g/mol. The molecule has 0 unspecified atom stereocenters. The molecule has 2 amide bonds. The molecule has 2 N–H and O–H groups in total. The number of nitrogens with one attached hydrogen (secondary N) is 2. The van der Waals surface area contributed by atoms with Crippen molar-refractivity contribution in [2.45, 2.75) is 141 Å². The van der Waals surface area contributed by atoms with Crippen molar-refractivity contribution in [2.24, 2.45) is 0 Å². The zero-order valence-electron chi connectivity index (χ0n) is 40.0. The number of piperidine rings is 1. The number of amides is 2. The second-order valence-electron chi connectivity index (χ2n) is 20.2. The van der Waals surface area contributed by atoms with Crippen LogP contribution in [-0.2, 0) is 9.47 Å². The Morgan fingerprint density at radius 3 is 1.63 bits per heavy atom. The van der Waals surface area contributed by atoms with E-state index in [0.717, 1.165) is 78.8 Å². The van der Waals surface area contributed by atoms with Crippen LogP contribution in [0.4, 0.5) is 31.5 Å². The second kappa shape index (κ2) is 20.4. The van der Waals surface area contributed by atoms with Crippen LogP contribution in [0.25, 0.3) is 27.6 Å². The molecule has 6 aromatic rings. The SMILES string of the molecule is CC(C)(C)OC(=O)N1CC=C(c2cnc3ccc(Nc4nnc(C5CCCC5)s4)nc3c2)CC1.CC(C)(C)OC(=O)N1CCC(c2cnc3ccc(Nc4nnc(C5CCCC5)s4)nc3c2)CC1. The summed E-state index contributed by atoms with van der Waals surface area (Å²) in [4.78, 5) is 47.0. The fraction of sp³-hybridized carbons (Fsp3) is 0.520. The zero-order chi connectivity index (χ0) is 47.4. The van der Waals surface area contributed by atoms with E-state index < -0.39 is 11.2 Å². The number of carbonyl (C=O) groups excluding carboxylic acids is 2. The van der Waals surface area contributed by atoms with E-state index in [1.54, 1.807) is 32.5 Å². The van der Waals surface area contributed by atoms with Gasteiger partial charge in [0.25, 0.3) is 0 Å². The van der Waals surface area contributed by atoms with E-state index in [4.69, 9.17) is 19.4 Å². The molecule has 2 aliphatic carbocycles. The van der Waals surface area contributed by atoms with E-state index in [1.807, 2.05) is 78.2 Å². The largest absolute Gasteiger partial charge is 0.444 e. The summed E-state index contributed by atoms with van der Waals surface area (Å²) in [7, 11) is 0. The first-order chi connectivity index (χ1) is 32.7. The minimum Gasteiger partial charge on any atom is -0.444 e. The number of hydrogen-bond donors (Lipinski definition) is 2. The monoisotopic (exact) mass is 958 g/mol. The van der Waals surface area contributed by atoms with Crippen LogP contribution < -0.4 is 10.6 Å². The lowest BCUT2D eigenvalue weighted by molar-refractivity contribution is 0.0203. The molecule has 0 bridgehead atoms. The van der Waals surface area contributed by atoms with Crippen molar-refractivity contribution < 1.29 is 19.1 Å². The first-order valence-electron chi connectivity index (χ1n) is 24.1. The summed E-state index contributed by atoms with van der Waals surface area (Å²) in [5.41, 5.74) is 5.78. The molecule has 0 radical (unpaired) electrons. The number of pyridine rings is 4. The molecule has 1 saturated heterocycles. The van der Waals surface area contributed by atoms with Crippen molar-refractivity contribution in [1.29, 1.82) is 0 Å². The van der Waals surface area contributed by atoms with Gasteiger partial charge in [-0.05, 0) is 146 Å². The summed E-state index contributed by atoms with van der Waals surface area (Å²) in [5, 5.41) is 27.9. The normalized spacial score (nSPS) is 17.5. The predicted octanol–water partition coefficient (Wildman–Crippen LogP) is 11.9. The lowest BCUT2D eigenvalue weighted by atomic mass is 9.90. The summed E-state index contributed by atoms with van der Waals surface area (Å²) in [6.07, 6.45) is 17.9. The van der Waals surface area contributed by atoms with Gasteiger partial charge < -0.3 is 29.9 Å². The van der Waals surface area contributed by atoms with Crippen molar-refractivity contribution in [3.05, 3.63) is 76.0 Å². The maximum Gasteiger partial charge on any atom is 0.410 e. The van der Waals surface area contributed by atoms with Crippen LogP contribution in [0, 0.1) is 0 Å². The summed E-state index contributed by atoms with van der Waals surface area (Å²) >= 11 is 3.25. The Balaban J connectivity index is 0.000000170. The third-order valence-corrected chi connectivity index (χ3v) is 14.7. The first-order valence-corrected chi connectivity index (χ1v) is 25.7. The fourth-order valence-electron chi connectivity index (χ4n) is 9.18. The number of likely N-dealkylation sites (tertiary alicyclic amines) is 1. The highest BCUT2D eigenvalue weighted by molar-refractivity contribution is 7.15. The molecule has 0 spiro atoms. The maximum atomic E-state index is 12.4. The number of nitrogens with zero attached hydrogens (tertiary/aromatic N) is 10. The van der Waals surface area contributed by atoms with Crippen molar-refractivity contribution in [3.63, 3.8) is 0 Å². The first kappa shape index (κ1) is 47.2. The van der Waals surface area contributed by atoms with Crippen molar-refractivity contribution in [1.82, 2.24) is 50.1 Å². The van der Waals surface area contributed by atoms with Crippen LogP contribution in [0.2, 0.25) is 0 Å². The topological polar surface area (TPSA) is 186 Å². The number of hydrogen-bond acceptors (Lipinski definition) is 16. The Hall–Kier alpha value is -5.88. The highest BCUT2D eigenvalue weighted by Crippen LogP contribution is 2.39. The number of carbonyl (C=O) groups is 2. The molecule has 2 saturated carbocycles. The summed E-state index contributed by atoms with van der Waals surface area (Å²) in [6.45, 7) is 13.9. The molecule has 0 atom stereocenters. The molecule has 6 aromatic heterocycles. The van der Waals surface area contributed by atoms with Gasteiger partial charge in [0.15, 0.2) is 0 Å². The third kappa shape index (κ3) is 12.0. The van der Waals surface area contributed by atoms with Gasteiger partial charge in [0.05, 0.1) is 22.1 Å². The van der Waals surface area contributed by atoms with Crippen LogP contribution in [0.3, 0.4) is 0 Å². The van der Waals surface area contributed by atoms with Gasteiger partial charge in [0.2, 0.25) is 10.3 Å². The predicted molar refractivity (Wildman–Crippen MR) is 268 cm³/mol. The number of aromatic nitrogens is 8. The number of ether oxygens (including phenoxy) is 2. The molecular weight excluding hydrogens is 897 g/mol. The standard InChI is InChI=1S/C25H32N6O2S.C25H30N6O2S/c2*1-25(2,3)33-24(32)31-12-10-16(11-13-31)18-14-20-19(26-15-18)8-9-21(27-20)28-23-30-29-22(34-23)17-6-4-5-7-17/h8-9,14-17H,4-7,10-13H2,1-3H3,(H,27,28,30);8-10,14-15,17H,4-7,11-13H2,1-3H3,(H,27,28,30). The van der Waals surface area contributed by atoms with Gasteiger partial charge in [0, 0.05) is 50.4 Å². The van der Waals surface area contributed by atoms with Gasteiger partial charge in [-0.25, -0.2) is 19.6 Å². The van der Waals surface area contributed by atoms with Crippen molar-refractivity contribution in [2.75, 3.05) is 36.8 Å². The highest BCUT2D eigenvalue weighted by Gasteiger charge is 2.29. The van der Waals surface area contributed by atoms with E-state index in [9.17, 15) is 9.59 Å². The molecule has 4 aliphatic rings. The molecule has 2 aliphatic heterocycles. The quantitative estimate of drug-likeness (QED) is 0.147. The Bertz CT molecular complexity index is 2760. The van der Waals surface area contributed by atoms with E-state index in [1.165, 1.54) is 62.5 Å². The number of rotatable bonds is 8. The maximum absolute atomic E-state index is 12.4. The summed E-state index contributed by atoms with van der Waals surface area (Å²) in [6, 6.07) is 12.0. The molecule has 10 rings (SSSR count). The Morgan fingerprint density at radius 1 is 0.603 bits per heavy atom. The lowest BCUT2D eigenvalue weighted by Crippen LogP contribution is -2.41. The van der Waals surface area contributed by atoms with Crippen LogP contribution in [-0.4, -0.2) is 99.7 Å². The highest BCUT2D eigenvalue weighted by atomic mass is 32.1. The van der Waals surface area contributed by atoms with E-state index in [0.29, 0.717) is 43.9 Å².